The van der Waals surface area contributed by atoms with Gasteiger partial charge in [-0.05, 0) is 13.8 Å². The van der Waals surface area contributed by atoms with Crippen LogP contribution < -0.4 is 11.1 Å². The molecular formula is C7H13N3S. The van der Waals surface area contributed by atoms with Gasteiger partial charge in [0.25, 0.3) is 0 Å². The zero-order chi connectivity index (χ0) is 8.27. The van der Waals surface area contributed by atoms with Gasteiger partial charge in [-0.2, -0.15) is 0 Å². The Bertz CT molecular complexity index is 221. The van der Waals surface area contributed by atoms with Crippen LogP contribution in [0.25, 0.3) is 0 Å². The molecule has 0 amide bonds. The minimum absolute atomic E-state index is 0.306. The molecule has 3 N–H and O–H groups in total. The van der Waals surface area contributed by atoms with Crippen molar-refractivity contribution in [3.8, 4) is 0 Å². The van der Waals surface area contributed by atoms with Gasteiger partial charge in [-0.1, -0.05) is 0 Å². The Morgan fingerprint density at radius 1 is 1.82 bits per heavy atom. The number of aryl methyl sites for hydroxylation is 1. The molecule has 1 aromatic heterocycles. The number of nitrogens with zero attached hydrogens (tertiary/aromatic N) is 1. The van der Waals surface area contributed by atoms with E-state index < -0.39 is 0 Å². The largest absolute Gasteiger partial charge is 0.358 e. The van der Waals surface area contributed by atoms with Crippen LogP contribution in [0.15, 0.2) is 5.38 Å². The molecular weight excluding hydrogens is 158 g/mol. The second-order valence-electron chi connectivity index (χ2n) is 2.58. The zero-order valence-corrected chi connectivity index (χ0v) is 7.61. The predicted molar refractivity (Wildman–Crippen MR) is 49.0 cm³/mol. The van der Waals surface area contributed by atoms with Crippen LogP contribution in [0, 0.1) is 6.92 Å². The van der Waals surface area contributed by atoms with Gasteiger partial charge in [0.15, 0.2) is 5.13 Å². The first-order chi connectivity index (χ1) is 5.22. The third-order valence-corrected chi connectivity index (χ3v) is 2.23. The molecule has 1 rings (SSSR count). The lowest BCUT2D eigenvalue weighted by Gasteiger charge is -2.08. The van der Waals surface area contributed by atoms with E-state index in [4.69, 9.17) is 5.73 Å². The topological polar surface area (TPSA) is 50.9 Å². The maximum Gasteiger partial charge on any atom is 0.183 e. The molecule has 1 unspecified atom stereocenters. The normalized spacial score (nSPS) is 13.0. The lowest BCUT2D eigenvalue weighted by Crippen LogP contribution is -2.24. The van der Waals surface area contributed by atoms with Gasteiger partial charge < -0.3 is 11.1 Å². The summed E-state index contributed by atoms with van der Waals surface area (Å²) in [5.74, 6) is 0. The second-order valence-corrected chi connectivity index (χ2v) is 3.43. The monoisotopic (exact) mass is 171 g/mol. The number of thiazole rings is 1. The van der Waals surface area contributed by atoms with Crippen LogP contribution in [0.2, 0.25) is 0 Å². The molecule has 0 aliphatic carbocycles. The molecule has 1 atom stereocenters. The maximum absolute atomic E-state index is 5.44. The van der Waals surface area contributed by atoms with E-state index in [-0.39, 0.29) is 0 Å². The highest BCUT2D eigenvalue weighted by Crippen LogP contribution is 2.14. The van der Waals surface area contributed by atoms with Crippen LogP contribution in [0.4, 0.5) is 5.13 Å². The van der Waals surface area contributed by atoms with Gasteiger partial charge in [0.2, 0.25) is 0 Å². The Morgan fingerprint density at radius 3 is 3.00 bits per heavy atom. The molecule has 0 spiro atoms. The fraction of sp³-hybridized carbons (Fsp3) is 0.571. The lowest BCUT2D eigenvalue weighted by molar-refractivity contribution is 0.802. The summed E-state index contributed by atoms with van der Waals surface area (Å²) >= 11 is 1.62. The predicted octanol–water partition coefficient (Wildman–Crippen LogP) is 1.21. The van der Waals surface area contributed by atoms with E-state index in [0.29, 0.717) is 12.6 Å². The minimum atomic E-state index is 0.306. The first-order valence-corrected chi connectivity index (χ1v) is 4.49. The molecule has 0 saturated carbocycles. The molecule has 0 saturated heterocycles. The van der Waals surface area contributed by atoms with E-state index in [1.807, 2.05) is 19.2 Å². The molecule has 0 radical (unpaired) electrons. The van der Waals surface area contributed by atoms with Gasteiger partial charge in [0.05, 0.1) is 5.69 Å². The van der Waals surface area contributed by atoms with Crippen molar-refractivity contribution >= 4 is 16.5 Å². The van der Waals surface area contributed by atoms with Gasteiger partial charge in [0.1, 0.15) is 0 Å². The maximum atomic E-state index is 5.44. The molecule has 0 bridgehead atoms. The van der Waals surface area contributed by atoms with Gasteiger partial charge in [-0.15, -0.1) is 11.3 Å². The van der Waals surface area contributed by atoms with Crippen molar-refractivity contribution in [2.75, 3.05) is 11.9 Å². The summed E-state index contributed by atoms with van der Waals surface area (Å²) in [7, 11) is 0. The van der Waals surface area contributed by atoms with E-state index in [9.17, 15) is 0 Å². The fourth-order valence-electron chi connectivity index (χ4n) is 0.690. The van der Waals surface area contributed by atoms with E-state index in [2.05, 4.69) is 10.3 Å². The number of hydrogen-bond donors (Lipinski definition) is 2. The Balaban J connectivity index is 2.50. The van der Waals surface area contributed by atoms with Gasteiger partial charge >= 0.3 is 0 Å². The highest BCUT2D eigenvalue weighted by Gasteiger charge is 2.01. The van der Waals surface area contributed by atoms with Crippen LogP contribution in [0.1, 0.15) is 12.6 Å². The van der Waals surface area contributed by atoms with Crippen LogP contribution in [-0.4, -0.2) is 17.6 Å². The average molecular weight is 171 g/mol. The summed E-state index contributed by atoms with van der Waals surface area (Å²) in [6, 6.07) is 0.306. The Kier molecular flexibility index (Phi) is 2.84. The number of nitrogens with one attached hydrogen (secondary N) is 1. The SMILES string of the molecule is Cc1csc(NC(C)CN)n1. The van der Waals surface area contributed by atoms with Crippen LogP contribution >= 0.6 is 11.3 Å². The quantitative estimate of drug-likeness (QED) is 0.718. The van der Waals surface area contributed by atoms with Crippen molar-refractivity contribution in [1.82, 2.24) is 4.98 Å². The molecule has 4 heteroatoms. The van der Waals surface area contributed by atoms with Gasteiger partial charge in [-0.25, -0.2) is 4.98 Å². The summed E-state index contributed by atoms with van der Waals surface area (Å²) < 4.78 is 0. The third kappa shape index (κ3) is 2.48. The smallest absolute Gasteiger partial charge is 0.183 e. The standard InChI is InChI=1S/C7H13N3S/c1-5(3-8)9-7-10-6(2)4-11-7/h4-5H,3,8H2,1-2H3,(H,9,10). The first-order valence-electron chi connectivity index (χ1n) is 3.61. The molecule has 0 fully saturated rings. The summed E-state index contributed by atoms with van der Waals surface area (Å²) in [5, 5.41) is 6.17. The Morgan fingerprint density at radius 2 is 2.55 bits per heavy atom. The Hall–Kier alpha value is -0.610. The number of anilines is 1. The third-order valence-electron chi connectivity index (χ3n) is 1.34. The molecule has 3 nitrogen and oxygen atoms in total. The van der Waals surface area contributed by atoms with Crippen molar-refractivity contribution < 1.29 is 0 Å². The molecule has 0 aliphatic heterocycles. The summed E-state index contributed by atoms with van der Waals surface area (Å²) in [5.41, 5.74) is 6.50. The number of nitrogens with two attached hydrogens (primary N) is 1. The number of aromatic nitrogens is 1. The van der Waals surface area contributed by atoms with E-state index in [1.165, 1.54) is 0 Å². The fourth-order valence-corrected chi connectivity index (χ4v) is 1.49. The average Bonchev–Trinajstić information content (AvgIpc) is 2.35. The minimum Gasteiger partial charge on any atom is -0.358 e. The molecule has 0 aliphatic rings. The molecule has 1 aromatic rings. The number of hydrogen-bond acceptors (Lipinski definition) is 4. The van der Waals surface area contributed by atoms with E-state index >= 15 is 0 Å². The highest BCUT2D eigenvalue weighted by atomic mass is 32.1. The Labute approximate surface area is 70.6 Å². The van der Waals surface area contributed by atoms with Crippen LogP contribution in [-0.2, 0) is 0 Å². The molecule has 0 aromatic carbocycles. The second kappa shape index (κ2) is 3.69. The summed E-state index contributed by atoms with van der Waals surface area (Å²) in [6.07, 6.45) is 0. The lowest BCUT2D eigenvalue weighted by atomic mass is 10.3. The van der Waals surface area contributed by atoms with Crippen molar-refractivity contribution in [2.24, 2.45) is 5.73 Å². The summed E-state index contributed by atoms with van der Waals surface area (Å²) in [6.45, 7) is 4.66. The van der Waals surface area contributed by atoms with E-state index in [0.717, 1.165) is 10.8 Å². The van der Waals surface area contributed by atoms with Crippen molar-refractivity contribution in [3.63, 3.8) is 0 Å². The number of rotatable bonds is 3. The first kappa shape index (κ1) is 8.49. The molecule has 11 heavy (non-hydrogen) atoms. The van der Waals surface area contributed by atoms with Crippen LogP contribution in [0.5, 0.6) is 0 Å². The van der Waals surface area contributed by atoms with Gasteiger partial charge in [-0.3, -0.25) is 0 Å². The summed E-state index contributed by atoms with van der Waals surface area (Å²) in [4.78, 5) is 4.25. The van der Waals surface area contributed by atoms with Crippen molar-refractivity contribution in [2.45, 2.75) is 19.9 Å². The highest BCUT2D eigenvalue weighted by molar-refractivity contribution is 7.13. The van der Waals surface area contributed by atoms with Crippen molar-refractivity contribution in [3.05, 3.63) is 11.1 Å². The molecule has 62 valence electrons. The van der Waals surface area contributed by atoms with Crippen molar-refractivity contribution in [1.29, 1.82) is 0 Å². The van der Waals surface area contributed by atoms with Gasteiger partial charge in [0, 0.05) is 18.0 Å². The van der Waals surface area contributed by atoms with E-state index in [1.54, 1.807) is 11.3 Å². The molecule has 1 heterocycles. The zero-order valence-electron chi connectivity index (χ0n) is 6.79. The van der Waals surface area contributed by atoms with Crippen LogP contribution in [0.3, 0.4) is 0 Å².